The molecular formula is C16H18FN3O. The molecule has 1 heterocycles. The van der Waals surface area contributed by atoms with Gasteiger partial charge in [-0.3, -0.25) is 4.79 Å². The van der Waals surface area contributed by atoms with E-state index in [2.05, 4.69) is 10.3 Å². The molecule has 21 heavy (non-hydrogen) atoms. The second kappa shape index (κ2) is 5.68. The zero-order chi connectivity index (χ0) is 14.8. The Morgan fingerprint density at radius 3 is 2.76 bits per heavy atom. The highest BCUT2D eigenvalue weighted by Crippen LogP contribution is 2.33. The normalized spacial score (nSPS) is 15.7. The van der Waals surface area contributed by atoms with Crippen LogP contribution < -0.4 is 10.9 Å². The largest absolute Gasteiger partial charge is 0.363 e. The molecule has 1 aliphatic carbocycles. The van der Waals surface area contributed by atoms with Crippen LogP contribution in [0.2, 0.25) is 0 Å². The van der Waals surface area contributed by atoms with Crippen LogP contribution in [0.15, 0.2) is 41.5 Å². The predicted molar refractivity (Wildman–Crippen MR) is 80.0 cm³/mol. The molecule has 1 saturated carbocycles. The summed E-state index contributed by atoms with van der Waals surface area (Å²) < 4.78 is 14.6. The summed E-state index contributed by atoms with van der Waals surface area (Å²) in [6.07, 6.45) is 6.24. The van der Waals surface area contributed by atoms with E-state index in [0.717, 1.165) is 18.4 Å². The number of hydrogen-bond donors (Lipinski definition) is 1. The van der Waals surface area contributed by atoms with Gasteiger partial charge in [-0.05, 0) is 43.9 Å². The molecule has 0 saturated heterocycles. The lowest BCUT2D eigenvalue weighted by Gasteiger charge is -2.15. The molecule has 0 radical (unpaired) electrons. The molecule has 1 aromatic carbocycles. The highest BCUT2D eigenvalue weighted by atomic mass is 19.1. The van der Waals surface area contributed by atoms with Gasteiger partial charge >= 0.3 is 0 Å². The Kier molecular flexibility index (Phi) is 3.73. The molecule has 0 amide bonds. The number of nitrogens with one attached hydrogen (secondary N) is 1. The minimum Gasteiger partial charge on any atom is -0.363 e. The van der Waals surface area contributed by atoms with Gasteiger partial charge in [-0.25, -0.2) is 9.37 Å². The maximum atomic E-state index is 12.9. The van der Waals surface area contributed by atoms with Crippen molar-refractivity contribution >= 4 is 5.82 Å². The summed E-state index contributed by atoms with van der Waals surface area (Å²) in [5.74, 6) is 0.149. The van der Waals surface area contributed by atoms with E-state index in [0.29, 0.717) is 18.3 Å². The minimum absolute atomic E-state index is 0.0470. The highest BCUT2D eigenvalue weighted by Gasteiger charge is 2.25. The van der Waals surface area contributed by atoms with Gasteiger partial charge in [0.25, 0.3) is 5.56 Å². The second-order valence-corrected chi connectivity index (χ2v) is 5.60. The Morgan fingerprint density at radius 2 is 2.10 bits per heavy atom. The van der Waals surface area contributed by atoms with Crippen molar-refractivity contribution in [3.8, 4) is 0 Å². The first kappa shape index (κ1) is 13.8. The van der Waals surface area contributed by atoms with Gasteiger partial charge in [0.05, 0.1) is 0 Å². The Hall–Kier alpha value is -2.17. The Morgan fingerprint density at radius 1 is 1.38 bits per heavy atom. The third-order valence-corrected chi connectivity index (χ3v) is 3.65. The smallest absolute Gasteiger partial charge is 0.293 e. The monoisotopic (exact) mass is 287 g/mol. The van der Waals surface area contributed by atoms with Crippen molar-refractivity contribution in [2.45, 2.75) is 38.3 Å². The fourth-order valence-electron chi connectivity index (χ4n) is 2.42. The van der Waals surface area contributed by atoms with Gasteiger partial charge in [-0.1, -0.05) is 12.1 Å². The van der Waals surface area contributed by atoms with Crippen LogP contribution in [0.25, 0.3) is 0 Å². The average molecular weight is 287 g/mol. The van der Waals surface area contributed by atoms with Crippen molar-refractivity contribution in [3.05, 3.63) is 58.4 Å². The van der Waals surface area contributed by atoms with Crippen molar-refractivity contribution in [1.82, 2.24) is 9.55 Å². The van der Waals surface area contributed by atoms with E-state index >= 15 is 0 Å². The molecule has 0 spiro atoms. The summed E-state index contributed by atoms with van der Waals surface area (Å²) in [6, 6.07) is 6.80. The van der Waals surface area contributed by atoms with Crippen molar-refractivity contribution in [2.24, 2.45) is 0 Å². The molecule has 1 aromatic heterocycles. The van der Waals surface area contributed by atoms with Crippen LogP contribution in [0.5, 0.6) is 0 Å². The Labute approximate surface area is 122 Å². The highest BCUT2D eigenvalue weighted by molar-refractivity contribution is 5.33. The van der Waals surface area contributed by atoms with Crippen LogP contribution in [0.1, 0.15) is 31.4 Å². The lowest BCUT2D eigenvalue weighted by molar-refractivity contribution is 0.626. The lowest BCUT2D eigenvalue weighted by atomic mass is 10.1. The molecule has 110 valence electrons. The summed E-state index contributed by atoms with van der Waals surface area (Å²) in [5.41, 5.74) is 0.959. The number of halogens is 1. The van der Waals surface area contributed by atoms with Crippen LogP contribution in [0, 0.1) is 5.82 Å². The number of benzene rings is 1. The topological polar surface area (TPSA) is 46.9 Å². The quantitative estimate of drug-likeness (QED) is 0.920. The molecule has 0 aliphatic heterocycles. The minimum atomic E-state index is -0.239. The van der Waals surface area contributed by atoms with Crippen LogP contribution in [-0.2, 0) is 6.42 Å². The summed E-state index contributed by atoms with van der Waals surface area (Å²) in [4.78, 5) is 16.4. The summed E-state index contributed by atoms with van der Waals surface area (Å²) in [6.45, 7) is 1.99. The third-order valence-electron chi connectivity index (χ3n) is 3.65. The Balaban J connectivity index is 1.69. The molecule has 1 unspecified atom stereocenters. The van der Waals surface area contributed by atoms with E-state index in [1.54, 1.807) is 29.1 Å². The van der Waals surface area contributed by atoms with Gasteiger partial charge in [-0.2, -0.15) is 0 Å². The first-order chi connectivity index (χ1) is 10.1. The number of rotatable bonds is 5. The molecule has 0 bridgehead atoms. The molecule has 4 nitrogen and oxygen atoms in total. The molecule has 1 atom stereocenters. The lowest BCUT2D eigenvalue weighted by Crippen LogP contribution is -2.28. The van der Waals surface area contributed by atoms with Crippen molar-refractivity contribution in [1.29, 1.82) is 0 Å². The first-order valence-corrected chi connectivity index (χ1v) is 7.21. The van der Waals surface area contributed by atoms with E-state index in [1.165, 1.54) is 12.1 Å². The molecule has 3 rings (SSSR count). The standard InChI is InChI=1S/C16H18FN3O/c1-11(10-12-2-4-13(17)5-3-12)19-15-16(21)20(9-8-18-15)14-6-7-14/h2-5,8-9,11,14H,6-7,10H2,1H3,(H,18,19). The maximum Gasteiger partial charge on any atom is 0.293 e. The molecular weight excluding hydrogens is 269 g/mol. The van der Waals surface area contributed by atoms with Gasteiger partial charge in [-0.15, -0.1) is 0 Å². The molecule has 2 aromatic rings. The van der Waals surface area contributed by atoms with Crippen LogP contribution in [-0.4, -0.2) is 15.6 Å². The average Bonchev–Trinajstić information content (AvgIpc) is 3.28. The number of anilines is 1. The second-order valence-electron chi connectivity index (χ2n) is 5.60. The summed E-state index contributed by atoms with van der Waals surface area (Å²) >= 11 is 0. The fourth-order valence-corrected chi connectivity index (χ4v) is 2.42. The van der Waals surface area contributed by atoms with Crippen LogP contribution in [0.4, 0.5) is 10.2 Å². The van der Waals surface area contributed by atoms with Gasteiger partial charge in [0.15, 0.2) is 5.82 Å². The maximum absolute atomic E-state index is 12.9. The van der Waals surface area contributed by atoms with Gasteiger partial charge in [0, 0.05) is 24.5 Å². The van der Waals surface area contributed by atoms with E-state index in [1.807, 2.05) is 6.92 Å². The molecule has 5 heteroatoms. The van der Waals surface area contributed by atoms with Crippen LogP contribution >= 0.6 is 0 Å². The Bertz CT molecular complexity index is 677. The SMILES string of the molecule is CC(Cc1ccc(F)cc1)Nc1nccn(C2CC2)c1=O. The number of hydrogen-bond acceptors (Lipinski definition) is 3. The van der Waals surface area contributed by atoms with Crippen molar-refractivity contribution < 1.29 is 4.39 Å². The van der Waals surface area contributed by atoms with E-state index < -0.39 is 0 Å². The molecule has 1 aliphatic rings. The predicted octanol–water partition coefficient (Wildman–Crippen LogP) is 2.76. The summed E-state index contributed by atoms with van der Waals surface area (Å²) in [7, 11) is 0. The molecule has 1 N–H and O–H groups in total. The zero-order valence-corrected chi connectivity index (χ0v) is 11.9. The zero-order valence-electron chi connectivity index (χ0n) is 11.9. The third kappa shape index (κ3) is 3.29. The van der Waals surface area contributed by atoms with E-state index in [4.69, 9.17) is 0 Å². The van der Waals surface area contributed by atoms with Gasteiger partial charge < -0.3 is 9.88 Å². The van der Waals surface area contributed by atoms with Gasteiger partial charge in [0.2, 0.25) is 0 Å². The van der Waals surface area contributed by atoms with E-state index in [9.17, 15) is 9.18 Å². The summed E-state index contributed by atoms with van der Waals surface area (Å²) in [5, 5.41) is 3.16. The van der Waals surface area contributed by atoms with Crippen molar-refractivity contribution in [2.75, 3.05) is 5.32 Å². The number of aromatic nitrogens is 2. The van der Waals surface area contributed by atoms with Crippen molar-refractivity contribution in [3.63, 3.8) is 0 Å². The van der Waals surface area contributed by atoms with E-state index in [-0.39, 0.29) is 17.4 Å². The van der Waals surface area contributed by atoms with Gasteiger partial charge in [0.1, 0.15) is 5.82 Å². The van der Waals surface area contributed by atoms with Crippen LogP contribution in [0.3, 0.4) is 0 Å². The first-order valence-electron chi connectivity index (χ1n) is 7.21. The molecule has 1 fully saturated rings. The number of nitrogens with zero attached hydrogens (tertiary/aromatic N) is 2. The fraction of sp³-hybridized carbons (Fsp3) is 0.375.